The Hall–Kier alpha value is -4.11. The molecule has 2 amide bonds. The minimum Gasteiger partial charge on any atom is -0.496 e. The number of amides is 2. The van der Waals surface area contributed by atoms with Crippen LogP contribution in [-0.2, 0) is 4.74 Å². The molecule has 1 aliphatic heterocycles. The van der Waals surface area contributed by atoms with Crippen molar-refractivity contribution in [3.05, 3.63) is 71.4 Å². The van der Waals surface area contributed by atoms with Crippen molar-refractivity contribution in [2.45, 2.75) is 6.92 Å². The third-order valence-corrected chi connectivity index (χ3v) is 6.51. The molecule has 0 bridgehead atoms. The summed E-state index contributed by atoms with van der Waals surface area (Å²) in [7, 11) is 1.60. The average molecular weight is 520 g/mol. The SMILES string of the molecule is CCOC(=O)N1CCN(C(=O)c2cc(-c3ccccc3OC)nc3cc(-c4ccc(Cl)cc4)nn23)CC1. The summed E-state index contributed by atoms with van der Waals surface area (Å²) in [5.74, 6) is 0.455. The van der Waals surface area contributed by atoms with Crippen LogP contribution in [-0.4, -0.2) is 76.3 Å². The van der Waals surface area contributed by atoms with E-state index in [2.05, 4.69) is 0 Å². The second-order valence-corrected chi connectivity index (χ2v) is 8.95. The number of carbonyl (C=O) groups excluding carboxylic acids is 2. The number of fused-ring (bicyclic) bond motifs is 1. The Bertz CT molecular complexity index is 1450. The van der Waals surface area contributed by atoms with Crippen LogP contribution in [0.25, 0.3) is 28.2 Å². The first-order chi connectivity index (χ1) is 18.0. The summed E-state index contributed by atoms with van der Waals surface area (Å²) in [6.45, 7) is 3.65. The molecule has 0 aliphatic carbocycles. The van der Waals surface area contributed by atoms with Crippen LogP contribution in [0.2, 0.25) is 5.02 Å². The van der Waals surface area contributed by atoms with E-state index in [9.17, 15) is 9.59 Å². The number of ether oxygens (including phenoxy) is 2. The summed E-state index contributed by atoms with van der Waals surface area (Å²) in [5, 5.41) is 5.35. The zero-order valence-corrected chi connectivity index (χ0v) is 21.3. The topological polar surface area (TPSA) is 89.3 Å². The highest BCUT2D eigenvalue weighted by molar-refractivity contribution is 6.30. The monoisotopic (exact) mass is 519 g/mol. The van der Waals surface area contributed by atoms with Crippen molar-refractivity contribution in [2.24, 2.45) is 0 Å². The third kappa shape index (κ3) is 4.95. The normalized spacial score (nSPS) is 13.6. The first-order valence-electron chi connectivity index (χ1n) is 12.0. The summed E-state index contributed by atoms with van der Waals surface area (Å²) in [6, 6.07) is 18.5. The van der Waals surface area contributed by atoms with Gasteiger partial charge in [0.25, 0.3) is 5.91 Å². The van der Waals surface area contributed by atoms with Gasteiger partial charge < -0.3 is 19.3 Å². The van der Waals surface area contributed by atoms with Crippen LogP contribution in [0.3, 0.4) is 0 Å². The molecule has 0 N–H and O–H groups in total. The van der Waals surface area contributed by atoms with Gasteiger partial charge in [0.05, 0.1) is 25.1 Å². The Morgan fingerprint density at radius 1 is 0.946 bits per heavy atom. The molecule has 0 radical (unpaired) electrons. The lowest BCUT2D eigenvalue weighted by molar-refractivity contribution is 0.0563. The number of aromatic nitrogens is 3. The van der Waals surface area contributed by atoms with E-state index >= 15 is 0 Å². The van der Waals surface area contributed by atoms with E-state index in [0.717, 1.165) is 11.1 Å². The lowest BCUT2D eigenvalue weighted by atomic mass is 10.1. The van der Waals surface area contributed by atoms with Crippen LogP contribution >= 0.6 is 11.6 Å². The van der Waals surface area contributed by atoms with Gasteiger partial charge in [-0.05, 0) is 37.3 Å². The van der Waals surface area contributed by atoms with Gasteiger partial charge in [-0.2, -0.15) is 5.10 Å². The molecule has 1 saturated heterocycles. The summed E-state index contributed by atoms with van der Waals surface area (Å²) in [5.41, 5.74) is 3.79. The van der Waals surface area contributed by atoms with Crippen molar-refractivity contribution in [1.82, 2.24) is 24.4 Å². The van der Waals surface area contributed by atoms with Gasteiger partial charge in [0, 0.05) is 48.4 Å². The van der Waals surface area contributed by atoms with Crippen molar-refractivity contribution in [3.63, 3.8) is 0 Å². The predicted molar refractivity (Wildman–Crippen MR) is 140 cm³/mol. The van der Waals surface area contributed by atoms with Crippen molar-refractivity contribution in [2.75, 3.05) is 39.9 Å². The highest BCUT2D eigenvalue weighted by atomic mass is 35.5. The maximum absolute atomic E-state index is 13.8. The Labute approximate surface area is 219 Å². The van der Waals surface area contributed by atoms with E-state index in [1.54, 1.807) is 46.5 Å². The van der Waals surface area contributed by atoms with Crippen LogP contribution in [0.15, 0.2) is 60.7 Å². The summed E-state index contributed by atoms with van der Waals surface area (Å²) in [4.78, 5) is 34.0. The number of piperazine rings is 1. The minimum absolute atomic E-state index is 0.196. The molecule has 0 saturated carbocycles. The van der Waals surface area contributed by atoms with Crippen molar-refractivity contribution >= 4 is 29.2 Å². The largest absolute Gasteiger partial charge is 0.496 e. The molecule has 2 aromatic heterocycles. The molecule has 5 rings (SSSR count). The zero-order chi connectivity index (χ0) is 25.9. The standard InChI is InChI=1S/C27H26ClN5O4/c1-3-37-27(35)32-14-12-31(13-15-32)26(34)23-16-22(20-6-4-5-7-24(20)36-2)29-25-17-21(30-33(23)25)18-8-10-19(28)11-9-18/h4-11,16-17H,3,12-15H2,1-2H3. The molecule has 0 atom stereocenters. The Kier molecular flexibility index (Phi) is 6.96. The molecule has 2 aromatic carbocycles. The fraction of sp³-hybridized carbons (Fsp3) is 0.259. The average Bonchev–Trinajstić information content (AvgIpc) is 3.37. The number of rotatable bonds is 5. The molecule has 0 unspecified atom stereocenters. The summed E-state index contributed by atoms with van der Waals surface area (Å²) >= 11 is 6.06. The van der Waals surface area contributed by atoms with Crippen LogP contribution in [0.4, 0.5) is 4.79 Å². The van der Waals surface area contributed by atoms with Gasteiger partial charge in [0.1, 0.15) is 11.4 Å². The molecule has 37 heavy (non-hydrogen) atoms. The van der Waals surface area contributed by atoms with E-state index in [-0.39, 0.29) is 12.0 Å². The van der Waals surface area contributed by atoms with E-state index < -0.39 is 0 Å². The first kappa shape index (κ1) is 24.6. The predicted octanol–water partition coefficient (Wildman–Crippen LogP) is 4.64. The van der Waals surface area contributed by atoms with E-state index in [1.807, 2.05) is 42.5 Å². The van der Waals surface area contributed by atoms with Gasteiger partial charge in [-0.15, -0.1) is 0 Å². The molecule has 9 nitrogen and oxygen atoms in total. The zero-order valence-electron chi connectivity index (χ0n) is 20.6. The first-order valence-corrected chi connectivity index (χ1v) is 12.4. The van der Waals surface area contributed by atoms with Gasteiger partial charge >= 0.3 is 6.09 Å². The number of hydrogen-bond donors (Lipinski definition) is 0. The molecule has 10 heteroatoms. The number of benzene rings is 2. The molecule has 190 valence electrons. The van der Waals surface area contributed by atoms with Gasteiger partial charge in [-0.3, -0.25) is 4.79 Å². The maximum Gasteiger partial charge on any atom is 0.409 e. The van der Waals surface area contributed by atoms with Gasteiger partial charge in [0.2, 0.25) is 0 Å². The van der Waals surface area contributed by atoms with Crippen molar-refractivity contribution in [1.29, 1.82) is 0 Å². The smallest absolute Gasteiger partial charge is 0.409 e. The second-order valence-electron chi connectivity index (χ2n) is 8.51. The number of para-hydroxylation sites is 1. The Morgan fingerprint density at radius 3 is 2.35 bits per heavy atom. The maximum atomic E-state index is 13.8. The molecular weight excluding hydrogens is 494 g/mol. The number of nitrogens with zero attached hydrogens (tertiary/aromatic N) is 5. The number of halogens is 1. The van der Waals surface area contributed by atoms with Crippen LogP contribution in [0.5, 0.6) is 5.75 Å². The number of hydrogen-bond acceptors (Lipinski definition) is 6. The highest BCUT2D eigenvalue weighted by Crippen LogP contribution is 2.31. The Morgan fingerprint density at radius 2 is 1.65 bits per heavy atom. The van der Waals surface area contributed by atoms with E-state index in [1.165, 1.54) is 0 Å². The fourth-order valence-corrected chi connectivity index (χ4v) is 4.48. The van der Waals surface area contributed by atoms with Crippen LogP contribution < -0.4 is 4.74 Å². The van der Waals surface area contributed by atoms with Crippen molar-refractivity contribution < 1.29 is 19.1 Å². The molecule has 1 aliphatic rings. The summed E-state index contributed by atoms with van der Waals surface area (Å²) in [6.07, 6.45) is -0.362. The number of methoxy groups -OCH3 is 1. The molecule has 0 spiro atoms. The lowest BCUT2D eigenvalue weighted by Gasteiger charge is -2.34. The highest BCUT2D eigenvalue weighted by Gasteiger charge is 2.28. The van der Waals surface area contributed by atoms with E-state index in [0.29, 0.717) is 66.3 Å². The van der Waals surface area contributed by atoms with Gasteiger partial charge in [0.15, 0.2) is 5.65 Å². The lowest BCUT2D eigenvalue weighted by Crippen LogP contribution is -2.51. The van der Waals surface area contributed by atoms with Gasteiger partial charge in [-0.25, -0.2) is 14.3 Å². The molecule has 1 fully saturated rings. The molecule has 3 heterocycles. The van der Waals surface area contributed by atoms with E-state index in [4.69, 9.17) is 31.2 Å². The van der Waals surface area contributed by atoms with Gasteiger partial charge in [-0.1, -0.05) is 35.9 Å². The third-order valence-electron chi connectivity index (χ3n) is 6.26. The van der Waals surface area contributed by atoms with Crippen LogP contribution in [0.1, 0.15) is 17.4 Å². The molecule has 4 aromatic rings. The minimum atomic E-state index is -0.362. The second kappa shape index (κ2) is 10.5. The Balaban J connectivity index is 1.55. The summed E-state index contributed by atoms with van der Waals surface area (Å²) < 4.78 is 12.2. The number of carbonyl (C=O) groups is 2. The molecular formula is C27H26ClN5O4. The van der Waals surface area contributed by atoms with Crippen LogP contribution in [0, 0.1) is 0 Å². The van der Waals surface area contributed by atoms with Crippen molar-refractivity contribution in [3.8, 4) is 28.3 Å². The quantitative estimate of drug-likeness (QED) is 0.381. The fourth-order valence-electron chi connectivity index (χ4n) is 4.35.